The molecule has 1 unspecified atom stereocenters. The number of rotatable bonds is 7. The molecule has 1 atom stereocenters. The summed E-state index contributed by atoms with van der Waals surface area (Å²) in [5.41, 5.74) is 0. The van der Waals surface area contributed by atoms with Gasteiger partial charge in [0.1, 0.15) is 5.75 Å². The molecular weight excluding hydrogens is 238 g/mol. The predicted octanol–water partition coefficient (Wildman–Crippen LogP) is 2.42. The van der Waals surface area contributed by atoms with Crippen LogP contribution < -0.4 is 15.4 Å². The van der Waals surface area contributed by atoms with Crippen molar-refractivity contribution < 1.29 is 4.74 Å². The highest BCUT2D eigenvalue weighted by atomic mass is 16.5. The highest BCUT2D eigenvalue weighted by molar-refractivity contribution is 5.79. The largest absolute Gasteiger partial charge is 0.494 e. The summed E-state index contributed by atoms with van der Waals surface area (Å²) in [4.78, 5) is 4.19. The smallest absolute Gasteiger partial charge is 0.191 e. The van der Waals surface area contributed by atoms with E-state index in [0.29, 0.717) is 12.6 Å². The van der Waals surface area contributed by atoms with Crippen molar-refractivity contribution in [2.24, 2.45) is 4.99 Å². The SMILES string of the molecule is CCC(C)NC(=NC)NCCCOc1ccccc1. The van der Waals surface area contributed by atoms with Crippen LogP contribution in [-0.4, -0.2) is 32.2 Å². The van der Waals surface area contributed by atoms with E-state index >= 15 is 0 Å². The number of hydrogen-bond donors (Lipinski definition) is 2. The average molecular weight is 263 g/mol. The van der Waals surface area contributed by atoms with Crippen molar-refractivity contribution in [1.29, 1.82) is 0 Å². The number of aliphatic imine (C=N–C) groups is 1. The van der Waals surface area contributed by atoms with E-state index in [-0.39, 0.29) is 0 Å². The fourth-order valence-corrected chi connectivity index (χ4v) is 1.52. The molecule has 0 heterocycles. The van der Waals surface area contributed by atoms with Crippen molar-refractivity contribution in [3.8, 4) is 5.75 Å². The number of benzene rings is 1. The molecule has 1 aromatic carbocycles. The number of para-hydroxylation sites is 1. The summed E-state index contributed by atoms with van der Waals surface area (Å²) in [5, 5.41) is 6.60. The predicted molar refractivity (Wildman–Crippen MR) is 80.8 cm³/mol. The number of hydrogen-bond acceptors (Lipinski definition) is 2. The van der Waals surface area contributed by atoms with Gasteiger partial charge in [-0.25, -0.2) is 0 Å². The summed E-state index contributed by atoms with van der Waals surface area (Å²) in [5.74, 6) is 1.78. The minimum atomic E-state index is 0.437. The van der Waals surface area contributed by atoms with Gasteiger partial charge in [0.2, 0.25) is 0 Å². The molecule has 0 aliphatic heterocycles. The van der Waals surface area contributed by atoms with Gasteiger partial charge in [-0.1, -0.05) is 25.1 Å². The van der Waals surface area contributed by atoms with Crippen LogP contribution in [0.4, 0.5) is 0 Å². The molecule has 0 amide bonds. The zero-order chi connectivity index (χ0) is 13.9. The van der Waals surface area contributed by atoms with Gasteiger partial charge in [0, 0.05) is 19.6 Å². The van der Waals surface area contributed by atoms with Gasteiger partial charge in [0.15, 0.2) is 5.96 Å². The van der Waals surface area contributed by atoms with E-state index in [2.05, 4.69) is 29.5 Å². The monoisotopic (exact) mass is 263 g/mol. The third-order valence-electron chi connectivity index (χ3n) is 2.84. The Morgan fingerprint density at radius 2 is 2.05 bits per heavy atom. The van der Waals surface area contributed by atoms with Crippen molar-refractivity contribution in [2.75, 3.05) is 20.2 Å². The van der Waals surface area contributed by atoms with Crippen molar-refractivity contribution in [1.82, 2.24) is 10.6 Å². The molecule has 0 bridgehead atoms. The highest BCUT2D eigenvalue weighted by Crippen LogP contribution is 2.07. The first-order valence-electron chi connectivity index (χ1n) is 6.91. The molecule has 1 rings (SSSR count). The van der Waals surface area contributed by atoms with Gasteiger partial charge >= 0.3 is 0 Å². The van der Waals surface area contributed by atoms with Crippen LogP contribution in [0.3, 0.4) is 0 Å². The molecule has 0 saturated heterocycles. The van der Waals surface area contributed by atoms with Gasteiger partial charge in [-0.3, -0.25) is 4.99 Å². The Morgan fingerprint density at radius 1 is 1.32 bits per heavy atom. The van der Waals surface area contributed by atoms with Crippen LogP contribution in [0.1, 0.15) is 26.7 Å². The molecule has 0 saturated carbocycles. The molecule has 2 N–H and O–H groups in total. The summed E-state index contributed by atoms with van der Waals surface area (Å²) >= 11 is 0. The Labute approximate surface area is 116 Å². The van der Waals surface area contributed by atoms with Gasteiger partial charge in [-0.15, -0.1) is 0 Å². The lowest BCUT2D eigenvalue weighted by Crippen LogP contribution is -2.42. The third-order valence-corrected chi connectivity index (χ3v) is 2.84. The Morgan fingerprint density at radius 3 is 2.68 bits per heavy atom. The molecule has 4 nitrogen and oxygen atoms in total. The molecule has 0 radical (unpaired) electrons. The molecular formula is C15H25N3O. The summed E-state index contributed by atoms with van der Waals surface area (Å²) in [6.45, 7) is 5.85. The fraction of sp³-hybridized carbons (Fsp3) is 0.533. The van der Waals surface area contributed by atoms with Crippen LogP contribution in [-0.2, 0) is 0 Å². The lowest BCUT2D eigenvalue weighted by Gasteiger charge is -2.16. The Hall–Kier alpha value is -1.71. The number of guanidine groups is 1. The van der Waals surface area contributed by atoms with Crippen LogP contribution in [0.15, 0.2) is 35.3 Å². The molecule has 0 aliphatic carbocycles. The third kappa shape index (κ3) is 6.70. The fourth-order valence-electron chi connectivity index (χ4n) is 1.52. The Balaban J connectivity index is 2.13. The summed E-state index contributed by atoms with van der Waals surface area (Å²) < 4.78 is 5.62. The zero-order valence-electron chi connectivity index (χ0n) is 12.1. The van der Waals surface area contributed by atoms with Crippen LogP contribution in [0.2, 0.25) is 0 Å². The summed E-state index contributed by atoms with van der Waals surface area (Å²) in [6, 6.07) is 10.3. The maximum atomic E-state index is 5.62. The highest BCUT2D eigenvalue weighted by Gasteiger charge is 2.01. The summed E-state index contributed by atoms with van der Waals surface area (Å²) in [7, 11) is 1.79. The number of nitrogens with zero attached hydrogens (tertiary/aromatic N) is 1. The first kappa shape index (κ1) is 15.3. The molecule has 4 heteroatoms. The van der Waals surface area contributed by atoms with E-state index in [1.165, 1.54) is 0 Å². The molecule has 1 aromatic rings. The second-order valence-electron chi connectivity index (χ2n) is 4.47. The van der Waals surface area contributed by atoms with Gasteiger partial charge in [0.25, 0.3) is 0 Å². The van der Waals surface area contributed by atoms with Crippen molar-refractivity contribution in [3.63, 3.8) is 0 Å². The van der Waals surface area contributed by atoms with Crippen molar-refractivity contribution in [2.45, 2.75) is 32.7 Å². The quantitative estimate of drug-likeness (QED) is 0.451. The van der Waals surface area contributed by atoms with E-state index in [1.807, 2.05) is 30.3 Å². The van der Waals surface area contributed by atoms with Crippen LogP contribution in [0.25, 0.3) is 0 Å². The maximum absolute atomic E-state index is 5.62. The molecule has 106 valence electrons. The van der Waals surface area contributed by atoms with Crippen LogP contribution in [0.5, 0.6) is 5.75 Å². The maximum Gasteiger partial charge on any atom is 0.191 e. The van der Waals surface area contributed by atoms with E-state index in [9.17, 15) is 0 Å². The number of nitrogens with one attached hydrogen (secondary N) is 2. The van der Waals surface area contributed by atoms with Crippen molar-refractivity contribution in [3.05, 3.63) is 30.3 Å². The Kier molecular flexibility index (Phi) is 7.47. The Bertz CT molecular complexity index is 365. The number of ether oxygens (including phenoxy) is 1. The zero-order valence-corrected chi connectivity index (χ0v) is 12.1. The normalized spacial score (nSPS) is 12.9. The lowest BCUT2D eigenvalue weighted by atomic mass is 10.3. The van der Waals surface area contributed by atoms with E-state index in [0.717, 1.165) is 31.1 Å². The molecule has 0 fully saturated rings. The van der Waals surface area contributed by atoms with E-state index < -0.39 is 0 Å². The van der Waals surface area contributed by atoms with E-state index in [1.54, 1.807) is 7.05 Å². The van der Waals surface area contributed by atoms with Gasteiger partial charge < -0.3 is 15.4 Å². The molecule has 19 heavy (non-hydrogen) atoms. The average Bonchev–Trinajstić information content (AvgIpc) is 2.46. The standard InChI is InChI=1S/C15H25N3O/c1-4-13(2)18-15(16-3)17-11-8-12-19-14-9-6-5-7-10-14/h5-7,9-10,13H,4,8,11-12H2,1-3H3,(H2,16,17,18). The molecule has 0 aromatic heterocycles. The minimum absolute atomic E-state index is 0.437. The first-order valence-corrected chi connectivity index (χ1v) is 6.91. The minimum Gasteiger partial charge on any atom is -0.494 e. The van der Waals surface area contributed by atoms with E-state index in [4.69, 9.17) is 4.74 Å². The van der Waals surface area contributed by atoms with Crippen LogP contribution >= 0.6 is 0 Å². The van der Waals surface area contributed by atoms with Gasteiger partial charge in [0.05, 0.1) is 6.61 Å². The van der Waals surface area contributed by atoms with Crippen LogP contribution in [0, 0.1) is 0 Å². The lowest BCUT2D eigenvalue weighted by molar-refractivity contribution is 0.311. The molecule has 0 aliphatic rings. The second-order valence-corrected chi connectivity index (χ2v) is 4.47. The van der Waals surface area contributed by atoms with Gasteiger partial charge in [-0.05, 0) is 31.9 Å². The molecule has 0 spiro atoms. The summed E-state index contributed by atoms with van der Waals surface area (Å²) in [6.07, 6.45) is 2.02. The second kappa shape index (κ2) is 9.25. The van der Waals surface area contributed by atoms with Gasteiger partial charge in [-0.2, -0.15) is 0 Å². The van der Waals surface area contributed by atoms with Crippen molar-refractivity contribution >= 4 is 5.96 Å². The first-order chi connectivity index (χ1) is 9.26. The topological polar surface area (TPSA) is 45.7 Å².